The fraction of sp³-hybridized carbons (Fsp3) is 0.350. The minimum absolute atomic E-state index is 0.214. The second kappa shape index (κ2) is 6.44. The third-order valence-corrected chi connectivity index (χ3v) is 5.26. The van der Waals surface area contributed by atoms with Crippen LogP contribution >= 0.6 is 0 Å². The van der Waals surface area contributed by atoms with Crippen LogP contribution in [0.4, 0.5) is 0 Å². The number of aryl methyl sites for hydroxylation is 2. The Hall–Kier alpha value is -2.89. The molecule has 1 aliphatic heterocycles. The molecule has 3 aromatic rings. The van der Waals surface area contributed by atoms with E-state index in [1.54, 1.807) is 17.4 Å². The number of likely N-dealkylation sites (tertiary alicyclic amines) is 1. The first-order valence-corrected chi connectivity index (χ1v) is 8.94. The van der Waals surface area contributed by atoms with E-state index in [4.69, 9.17) is 0 Å². The minimum atomic E-state index is -0.366. The molecular formula is C20H22N4O2. The van der Waals surface area contributed by atoms with Gasteiger partial charge in [-0.25, -0.2) is 4.98 Å². The maximum atomic E-state index is 12.6. The lowest BCUT2D eigenvalue weighted by atomic mass is 9.94. The number of ketones is 1. The Kier molecular flexibility index (Phi) is 4.11. The van der Waals surface area contributed by atoms with E-state index in [9.17, 15) is 9.59 Å². The maximum Gasteiger partial charge on any atom is 0.290 e. The van der Waals surface area contributed by atoms with Crippen LogP contribution in [0.15, 0.2) is 43.1 Å². The van der Waals surface area contributed by atoms with Gasteiger partial charge < -0.3 is 14.5 Å². The number of nitrogens with zero attached hydrogens (tertiary/aromatic N) is 3. The second-order valence-corrected chi connectivity index (χ2v) is 7.04. The Bertz CT molecular complexity index is 958. The minimum Gasteiger partial charge on any atom is -0.361 e. The number of carbonyl (C=O) groups is 2. The summed E-state index contributed by atoms with van der Waals surface area (Å²) in [7, 11) is 0. The van der Waals surface area contributed by atoms with Gasteiger partial charge in [0.25, 0.3) is 5.91 Å². The number of nitrogens with one attached hydrogen (secondary N) is 1. The third-order valence-electron chi connectivity index (χ3n) is 5.26. The van der Waals surface area contributed by atoms with Gasteiger partial charge in [-0.1, -0.05) is 19.1 Å². The van der Waals surface area contributed by atoms with Gasteiger partial charge in [0, 0.05) is 54.1 Å². The predicted octanol–water partition coefficient (Wildman–Crippen LogP) is 2.85. The molecule has 0 radical (unpaired) electrons. The van der Waals surface area contributed by atoms with Crippen LogP contribution in [0.25, 0.3) is 10.9 Å². The highest BCUT2D eigenvalue weighted by Gasteiger charge is 2.45. The normalized spacial score (nSPS) is 20.5. The molecular weight excluding hydrogens is 328 g/mol. The van der Waals surface area contributed by atoms with E-state index >= 15 is 0 Å². The molecule has 3 heterocycles. The van der Waals surface area contributed by atoms with E-state index in [0.717, 1.165) is 29.4 Å². The molecule has 0 aliphatic carbocycles. The standard InChI is InChI=1S/C20H22N4O2/c1-13-4-5-15-16(11-22-17(15)10-13)18-14(2)19(25)20(26)24(18)8-3-7-23-9-6-21-12-23/h4-6,9-12,14,18,22H,3,7-8H2,1-2H3. The fourth-order valence-electron chi connectivity index (χ4n) is 3.90. The first kappa shape index (κ1) is 16.6. The number of hydrogen-bond donors (Lipinski definition) is 1. The lowest BCUT2D eigenvalue weighted by Gasteiger charge is -2.26. The quantitative estimate of drug-likeness (QED) is 0.719. The number of hydrogen-bond acceptors (Lipinski definition) is 3. The zero-order valence-corrected chi connectivity index (χ0v) is 15.0. The van der Waals surface area contributed by atoms with Crippen LogP contribution in [0.2, 0.25) is 0 Å². The summed E-state index contributed by atoms with van der Waals surface area (Å²) in [5, 5.41) is 1.08. The van der Waals surface area contributed by atoms with Crippen molar-refractivity contribution in [2.24, 2.45) is 5.92 Å². The summed E-state index contributed by atoms with van der Waals surface area (Å²) in [6.45, 7) is 5.23. The molecule has 1 aliphatic rings. The molecule has 26 heavy (non-hydrogen) atoms. The topological polar surface area (TPSA) is 71.0 Å². The van der Waals surface area contributed by atoms with Crippen molar-refractivity contribution in [2.45, 2.75) is 32.9 Å². The molecule has 1 aromatic carbocycles. The number of Topliss-reactive ketones (excluding diaryl/α,β-unsaturated/α-hetero) is 1. The first-order valence-electron chi connectivity index (χ1n) is 8.94. The smallest absolute Gasteiger partial charge is 0.290 e. The molecule has 2 unspecified atom stereocenters. The molecule has 134 valence electrons. The van der Waals surface area contributed by atoms with Gasteiger partial charge in [0.05, 0.1) is 12.4 Å². The first-order chi connectivity index (χ1) is 12.6. The Balaban J connectivity index is 1.62. The summed E-state index contributed by atoms with van der Waals surface area (Å²) in [6.07, 6.45) is 8.13. The summed E-state index contributed by atoms with van der Waals surface area (Å²) in [5.41, 5.74) is 3.24. The largest absolute Gasteiger partial charge is 0.361 e. The van der Waals surface area contributed by atoms with Crippen LogP contribution < -0.4 is 0 Å². The van der Waals surface area contributed by atoms with E-state index in [1.165, 1.54) is 5.56 Å². The van der Waals surface area contributed by atoms with Crippen LogP contribution in [0.1, 0.15) is 30.5 Å². The number of benzene rings is 1. The van der Waals surface area contributed by atoms with E-state index in [0.29, 0.717) is 6.54 Å². The number of amides is 1. The molecule has 1 saturated heterocycles. The van der Waals surface area contributed by atoms with Gasteiger partial charge in [-0.15, -0.1) is 0 Å². The molecule has 6 heteroatoms. The van der Waals surface area contributed by atoms with Crippen LogP contribution in [0, 0.1) is 12.8 Å². The Morgan fingerprint density at radius 1 is 1.23 bits per heavy atom. The maximum absolute atomic E-state index is 12.6. The van der Waals surface area contributed by atoms with E-state index < -0.39 is 0 Å². The SMILES string of the molecule is Cc1ccc2c(C3C(C)C(=O)C(=O)N3CCCn3ccnc3)c[nH]c2c1. The summed E-state index contributed by atoms with van der Waals surface area (Å²) >= 11 is 0. The van der Waals surface area contributed by atoms with Crippen LogP contribution in [0.3, 0.4) is 0 Å². The van der Waals surface area contributed by atoms with Crippen LogP contribution in [0.5, 0.6) is 0 Å². The van der Waals surface area contributed by atoms with Gasteiger partial charge in [0.2, 0.25) is 5.78 Å². The molecule has 1 amide bonds. The van der Waals surface area contributed by atoms with E-state index in [-0.39, 0.29) is 23.7 Å². The summed E-state index contributed by atoms with van der Waals surface area (Å²) in [4.78, 5) is 34.0. The molecule has 0 bridgehead atoms. The summed E-state index contributed by atoms with van der Waals surface area (Å²) < 4.78 is 1.98. The number of aromatic nitrogens is 3. The monoisotopic (exact) mass is 350 g/mol. The highest BCUT2D eigenvalue weighted by molar-refractivity contribution is 6.39. The lowest BCUT2D eigenvalue weighted by Crippen LogP contribution is -2.31. The van der Waals surface area contributed by atoms with Crippen LogP contribution in [-0.4, -0.2) is 37.7 Å². The zero-order chi connectivity index (χ0) is 18.3. The Morgan fingerprint density at radius 3 is 2.85 bits per heavy atom. The number of carbonyl (C=O) groups excluding carboxylic acids is 2. The highest BCUT2D eigenvalue weighted by Crippen LogP contribution is 2.39. The van der Waals surface area contributed by atoms with Gasteiger partial charge in [-0.05, 0) is 25.0 Å². The van der Waals surface area contributed by atoms with Crippen molar-refractivity contribution in [1.82, 2.24) is 19.4 Å². The molecule has 0 spiro atoms. The Labute approximate surface area is 151 Å². The summed E-state index contributed by atoms with van der Waals surface area (Å²) in [5.74, 6) is -0.996. The number of H-pyrrole nitrogens is 1. The average Bonchev–Trinajstić information content (AvgIpc) is 3.32. The predicted molar refractivity (Wildman–Crippen MR) is 98.5 cm³/mol. The number of fused-ring (bicyclic) bond motifs is 1. The molecule has 2 atom stereocenters. The van der Waals surface area contributed by atoms with Crippen molar-refractivity contribution >= 4 is 22.6 Å². The summed E-state index contributed by atoms with van der Waals surface area (Å²) in [6, 6.07) is 6.01. The molecule has 1 N–H and O–H groups in total. The van der Waals surface area contributed by atoms with Crippen molar-refractivity contribution < 1.29 is 9.59 Å². The highest BCUT2D eigenvalue weighted by atomic mass is 16.2. The van der Waals surface area contributed by atoms with Crippen molar-refractivity contribution in [2.75, 3.05) is 6.54 Å². The van der Waals surface area contributed by atoms with Crippen molar-refractivity contribution in [1.29, 1.82) is 0 Å². The fourth-order valence-corrected chi connectivity index (χ4v) is 3.90. The average molecular weight is 350 g/mol. The van der Waals surface area contributed by atoms with Crippen molar-refractivity contribution in [3.05, 3.63) is 54.2 Å². The molecule has 6 nitrogen and oxygen atoms in total. The molecule has 1 fully saturated rings. The number of rotatable bonds is 5. The van der Waals surface area contributed by atoms with E-state index in [1.807, 2.05) is 30.8 Å². The number of imidazole rings is 1. The van der Waals surface area contributed by atoms with Crippen molar-refractivity contribution in [3.63, 3.8) is 0 Å². The van der Waals surface area contributed by atoms with Gasteiger partial charge in [0.1, 0.15) is 0 Å². The molecule has 2 aromatic heterocycles. The number of aromatic amines is 1. The molecule has 4 rings (SSSR count). The third kappa shape index (κ3) is 2.71. The Morgan fingerprint density at radius 2 is 2.08 bits per heavy atom. The van der Waals surface area contributed by atoms with Gasteiger partial charge in [-0.2, -0.15) is 0 Å². The van der Waals surface area contributed by atoms with Gasteiger partial charge >= 0.3 is 0 Å². The molecule has 0 saturated carbocycles. The second-order valence-electron chi connectivity index (χ2n) is 7.04. The van der Waals surface area contributed by atoms with Crippen molar-refractivity contribution in [3.8, 4) is 0 Å². The van der Waals surface area contributed by atoms with Gasteiger partial charge in [-0.3, -0.25) is 9.59 Å². The van der Waals surface area contributed by atoms with Crippen LogP contribution in [-0.2, 0) is 16.1 Å². The lowest BCUT2D eigenvalue weighted by molar-refractivity contribution is -0.141. The van der Waals surface area contributed by atoms with Gasteiger partial charge in [0.15, 0.2) is 0 Å². The van der Waals surface area contributed by atoms with E-state index in [2.05, 4.69) is 28.2 Å². The zero-order valence-electron chi connectivity index (χ0n) is 15.0.